The Bertz CT molecular complexity index is 4220. The van der Waals surface area contributed by atoms with Gasteiger partial charge in [-0.2, -0.15) is 26.3 Å². The molecule has 0 bridgehead atoms. The first kappa shape index (κ1) is 73.3. The lowest BCUT2D eigenvalue weighted by atomic mass is 10.1. The van der Waals surface area contributed by atoms with E-state index in [1.165, 1.54) is 78.0 Å². The van der Waals surface area contributed by atoms with Crippen molar-refractivity contribution in [3.63, 3.8) is 0 Å². The van der Waals surface area contributed by atoms with E-state index in [9.17, 15) is 26.3 Å². The Labute approximate surface area is 603 Å². The standard InChI is InChI=1S/C17H17F3N2S.C16H15F3N2S.C15H15ClN2S.C15H16N2O.C15H16N2S/c1-11-3-5-13-16(9-11)23-15-6-4-12(17(18,19)20)10-14(15)22(13)8-2-7-21;17-16(18,19)11-6-7-15-13(10-11)21(9-3-8-20)12-4-1-2-5-14(12)22-15;16-11-6-7-15-13(10-11)18(9-3-8-17)12-4-1-2-5-14(12)19-15;2*16-10-5-11-17-12-6-1-3-8-14(12)18-15-9-4-2-7-13(15)17/h3-6,9-10H,2,7-8,21H2,1H3;1-2,4-7,10H,3,8-9,20H2;1-2,4-7,10H,3,8-9,17H2;2*1-4,6-9H,5,10-11,16H2. The minimum Gasteiger partial charge on any atom is -0.453 e. The first-order valence-corrected chi connectivity index (χ1v) is 36.8. The number of alkyl halides is 6. The summed E-state index contributed by atoms with van der Waals surface area (Å²) in [5, 5.41) is 0.775. The zero-order valence-electron chi connectivity index (χ0n) is 55.2. The number of hydrogen-bond acceptors (Lipinski definition) is 15. The van der Waals surface area contributed by atoms with Crippen LogP contribution < -0.4 is 57.9 Å². The summed E-state index contributed by atoms with van der Waals surface area (Å²) in [7, 11) is 0. The van der Waals surface area contributed by atoms with Crippen molar-refractivity contribution in [2.75, 3.05) is 89.9 Å². The summed E-state index contributed by atoms with van der Waals surface area (Å²) in [5.41, 5.74) is 38.4. The SMILES string of the molecule is Cc1ccc2c(c1)Sc1ccc(C(F)(F)F)cc1N2CCCN.NCCCN1c2ccccc2Oc2ccccc21.NCCCN1c2ccccc2Sc2ccc(C(F)(F)F)cc21.NCCCN1c2ccccc2Sc2ccc(Cl)cc21.NCCCN1c2ccccc2Sc2ccccc21. The molecule has 5 aliphatic rings. The lowest BCUT2D eigenvalue weighted by Gasteiger charge is -2.33. The highest BCUT2D eigenvalue weighted by Crippen LogP contribution is 2.54. The van der Waals surface area contributed by atoms with Crippen molar-refractivity contribution in [1.29, 1.82) is 0 Å². The van der Waals surface area contributed by atoms with Gasteiger partial charge in [0.2, 0.25) is 0 Å². The summed E-state index contributed by atoms with van der Waals surface area (Å²) in [5.74, 6) is 1.82. The number of ether oxygens (including phenoxy) is 1. The van der Waals surface area contributed by atoms with Crippen LogP contribution in [0.4, 0.5) is 83.2 Å². The molecule has 10 aromatic carbocycles. The van der Waals surface area contributed by atoms with Gasteiger partial charge in [-0.15, -0.1) is 0 Å². The molecule has 100 heavy (non-hydrogen) atoms. The van der Waals surface area contributed by atoms with Gasteiger partial charge in [-0.3, -0.25) is 0 Å². The molecular formula is C78H79ClF6N10OS4. The quantitative estimate of drug-likeness (QED) is 0.0618. The molecule has 0 spiro atoms. The number of nitrogens with two attached hydrogens (primary N) is 5. The second-order valence-corrected chi connectivity index (χ2v) is 28.5. The number of anilines is 10. The summed E-state index contributed by atoms with van der Waals surface area (Å²) in [6.07, 6.45) is -4.31. The monoisotopic (exact) mass is 1450 g/mol. The molecule has 11 nitrogen and oxygen atoms in total. The molecule has 0 atom stereocenters. The fraction of sp³-hybridized carbons (Fsp3) is 0.231. The normalized spacial score (nSPS) is 13.3. The fourth-order valence-electron chi connectivity index (χ4n) is 12.0. The maximum atomic E-state index is 13.0. The Morgan fingerprint density at radius 3 is 0.950 bits per heavy atom. The van der Waals surface area contributed by atoms with Crippen molar-refractivity contribution < 1.29 is 31.1 Å². The molecule has 15 rings (SSSR count). The van der Waals surface area contributed by atoms with Crippen LogP contribution in [0.2, 0.25) is 5.02 Å². The van der Waals surface area contributed by atoms with Gasteiger partial charge in [-0.1, -0.05) is 138 Å². The van der Waals surface area contributed by atoms with Gasteiger partial charge in [0.25, 0.3) is 0 Å². The van der Waals surface area contributed by atoms with E-state index >= 15 is 0 Å². The third-order valence-corrected chi connectivity index (χ3v) is 21.5. The van der Waals surface area contributed by atoms with Crippen LogP contribution in [0.5, 0.6) is 11.5 Å². The number of hydrogen-bond donors (Lipinski definition) is 5. The summed E-state index contributed by atoms with van der Waals surface area (Å²) in [4.78, 5) is 19.8. The second kappa shape index (κ2) is 34.2. The Hall–Kier alpha value is -7.93. The molecule has 0 saturated carbocycles. The lowest BCUT2D eigenvalue weighted by molar-refractivity contribution is -0.138. The largest absolute Gasteiger partial charge is 0.453 e. The van der Waals surface area contributed by atoms with Crippen molar-refractivity contribution in [3.8, 4) is 11.5 Å². The number of benzene rings is 10. The predicted molar refractivity (Wildman–Crippen MR) is 404 cm³/mol. The number of para-hydroxylation sites is 8. The minimum atomic E-state index is -4.34. The first-order chi connectivity index (χ1) is 48.5. The number of fused-ring (bicyclic) bond motifs is 10. The van der Waals surface area contributed by atoms with Crippen LogP contribution in [0.15, 0.2) is 258 Å². The van der Waals surface area contributed by atoms with Gasteiger partial charge in [0.15, 0.2) is 11.5 Å². The molecule has 5 aliphatic heterocycles. The van der Waals surface area contributed by atoms with Gasteiger partial charge < -0.3 is 57.9 Å². The van der Waals surface area contributed by atoms with E-state index in [1.807, 2.05) is 113 Å². The molecule has 0 aromatic heterocycles. The molecule has 0 aliphatic carbocycles. The Morgan fingerprint density at radius 2 is 0.590 bits per heavy atom. The molecule has 22 heteroatoms. The van der Waals surface area contributed by atoms with E-state index < -0.39 is 23.5 Å². The molecule has 10 N–H and O–H groups in total. The zero-order chi connectivity index (χ0) is 70.3. The summed E-state index contributed by atoms with van der Waals surface area (Å²) in [6, 6.07) is 69.5. The number of rotatable bonds is 15. The molecule has 0 unspecified atom stereocenters. The van der Waals surface area contributed by atoms with Crippen molar-refractivity contribution in [1.82, 2.24) is 0 Å². The van der Waals surface area contributed by atoms with Gasteiger partial charge in [-0.25, -0.2) is 0 Å². The molecule has 0 saturated heterocycles. The maximum Gasteiger partial charge on any atom is 0.416 e. The predicted octanol–water partition coefficient (Wildman–Crippen LogP) is 20.8. The number of aryl methyl sites for hydroxylation is 1. The van der Waals surface area contributed by atoms with Gasteiger partial charge in [0.1, 0.15) is 0 Å². The summed E-state index contributed by atoms with van der Waals surface area (Å²) >= 11 is 12.8. The van der Waals surface area contributed by atoms with Crippen molar-refractivity contribution >= 4 is 116 Å². The van der Waals surface area contributed by atoms with Crippen LogP contribution in [0, 0.1) is 6.92 Å². The topological polar surface area (TPSA) is 156 Å². The third-order valence-electron chi connectivity index (χ3n) is 16.7. The molecule has 5 heterocycles. The maximum absolute atomic E-state index is 13.0. The van der Waals surface area contributed by atoms with Crippen molar-refractivity contribution in [2.45, 2.75) is 90.5 Å². The van der Waals surface area contributed by atoms with Crippen LogP contribution in [0.25, 0.3) is 0 Å². The van der Waals surface area contributed by atoms with Crippen LogP contribution in [0.1, 0.15) is 48.8 Å². The van der Waals surface area contributed by atoms with E-state index in [4.69, 9.17) is 45.0 Å². The smallest absolute Gasteiger partial charge is 0.416 e. The average molecular weight is 1450 g/mol. The Kier molecular flexibility index (Phi) is 25.0. The summed E-state index contributed by atoms with van der Waals surface area (Å²) < 4.78 is 84.0. The van der Waals surface area contributed by atoms with E-state index in [0.29, 0.717) is 63.5 Å². The van der Waals surface area contributed by atoms with Gasteiger partial charge >= 0.3 is 12.4 Å². The van der Waals surface area contributed by atoms with E-state index in [1.54, 1.807) is 23.9 Å². The van der Waals surface area contributed by atoms with Gasteiger partial charge in [0.05, 0.1) is 68.0 Å². The molecule has 0 radical (unpaired) electrons. The van der Waals surface area contributed by atoms with Crippen LogP contribution in [0.3, 0.4) is 0 Å². The molecular weight excluding hydrogens is 1370 g/mol. The third kappa shape index (κ3) is 17.5. The molecule has 10 aromatic rings. The van der Waals surface area contributed by atoms with E-state index in [2.05, 4.69) is 112 Å². The Morgan fingerprint density at radius 1 is 0.310 bits per heavy atom. The minimum absolute atomic E-state index is 0.499. The van der Waals surface area contributed by atoms with Crippen LogP contribution in [-0.4, -0.2) is 65.4 Å². The highest BCUT2D eigenvalue weighted by atomic mass is 35.5. The highest BCUT2D eigenvalue weighted by Gasteiger charge is 2.35. The van der Waals surface area contributed by atoms with E-state index in [0.717, 1.165) is 122 Å². The average Bonchev–Trinajstić information content (AvgIpc) is 0.756. The van der Waals surface area contributed by atoms with Crippen molar-refractivity contribution in [2.24, 2.45) is 28.7 Å². The molecule has 0 amide bonds. The fourth-order valence-corrected chi connectivity index (χ4v) is 16.6. The lowest BCUT2D eigenvalue weighted by Crippen LogP contribution is -2.24. The number of halogens is 7. The van der Waals surface area contributed by atoms with Crippen LogP contribution in [-0.2, 0) is 12.4 Å². The first-order valence-electron chi connectivity index (χ1n) is 33.1. The van der Waals surface area contributed by atoms with E-state index in [-0.39, 0.29) is 0 Å². The van der Waals surface area contributed by atoms with Crippen molar-refractivity contribution in [3.05, 3.63) is 240 Å². The van der Waals surface area contributed by atoms with Gasteiger partial charge in [0, 0.05) is 76.9 Å². The Balaban J connectivity index is 0.000000126. The highest BCUT2D eigenvalue weighted by molar-refractivity contribution is 8.00. The molecule has 0 fully saturated rings. The zero-order valence-corrected chi connectivity index (χ0v) is 59.2. The molecule has 520 valence electrons. The summed E-state index contributed by atoms with van der Waals surface area (Å²) in [6.45, 7) is 9.13. The number of nitrogens with zero attached hydrogens (tertiary/aromatic N) is 5. The van der Waals surface area contributed by atoms with Gasteiger partial charge in [-0.05, 0) is 217 Å². The van der Waals surface area contributed by atoms with Crippen LogP contribution >= 0.6 is 58.6 Å². The second-order valence-electron chi connectivity index (χ2n) is 23.7.